The number of carbonyl (C=O) groups is 2. The van der Waals surface area contributed by atoms with Gasteiger partial charge in [-0.15, -0.1) is 0 Å². The second-order valence-corrected chi connectivity index (χ2v) is 12.1. The molecular formula is C28H32Br2N2O2. The summed E-state index contributed by atoms with van der Waals surface area (Å²) in [4.78, 5) is 32.2. The standard InChI is InChI=1S/C28H32Br2N2O2/c1-17-12-20-6-7-21-14-22(29)16-31-28(21)27(26(20)23(30)13-17)18-8-10-32(11-9-18)25(34)15-19-4-2-3-5-24(19)33/h12-14,16,18-19,27H,2-11,15H2,1H3/t19?,27-/m1/s1. The Bertz CT molecular complexity index is 1110. The summed E-state index contributed by atoms with van der Waals surface area (Å²) in [7, 11) is 0. The van der Waals surface area contributed by atoms with Gasteiger partial charge in [-0.1, -0.05) is 28.4 Å². The van der Waals surface area contributed by atoms with Gasteiger partial charge in [0.25, 0.3) is 0 Å². The van der Waals surface area contributed by atoms with Crippen LogP contribution in [0, 0.1) is 18.8 Å². The van der Waals surface area contributed by atoms with Crippen LogP contribution in [0.4, 0.5) is 0 Å². The fraction of sp³-hybridized carbons (Fsp3) is 0.536. The van der Waals surface area contributed by atoms with E-state index in [1.54, 1.807) is 0 Å². The van der Waals surface area contributed by atoms with Gasteiger partial charge in [-0.05, 0) is 102 Å². The van der Waals surface area contributed by atoms with Crippen LogP contribution in [-0.4, -0.2) is 34.7 Å². The number of fused-ring (bicyclic) bond motifs is 2. The predicted octanol–water partition coefficient (Wildman–Crippen LogP) is 6.53. The molecule has 4 nitrogen and oxygen atoms in total. The summed E-state index contributed by atoms with van der Waals surface area (Å²) in [5.41, 5.74) is 6.61. The van der Waals surface area contributed by atoms with Crippen LogP contribution in [0.5, 0.6) is 0 Å². The quantitative estimate of drug-likeness (QED) is 0.410. The molecule has 1 unspecified atom stereocenters. The number of Topliss-reactive ketones (excluding diaryl/α,β-unsaturated/α-hetero) is 1. The van der Waals surface area contributed by atoms with Crippen LogP contribution in [0.3, 0.4) is 0 Å². The summed E-state index contributed by atoms with van der Waals surface area (Å²) in [5.74, 6) is 1.07. The molecule has 34 heavy (non-hydrogen) atoms. The summed E-state index contributed by atoms with van der Waals surface area (Å²) in [6.07, 6.45) is 9.86. The van der Waals surface area contributed by atoms with Crippen molar-refractivity contribution in [1.82, 2.24) is 9.88 Å². The number of amides is 1. The van der Waals surface area contributed by atoms with Crippen molar-refractivity contribution in [2.45, 2.75) is 70.6 Å². The lowest BCUT2D eigenvalue weighted by atomic mass is 9.76. The van der Waals surface area contributed by atoms with Crippen molar-refractivity contribution in [3.8, 4) is 0 Å². The van der Waals surface area contributed by atoms with E-state index in [4.69, 9.17) is 4.98 Å². The Hall–Kier alpha value is -1.53. The lowest BCUT2D eigenvalue weighted by molar-refractivity contribution is -0.137. The third-order valence-electron chi connectivity index (χ3n) is 8.06. The summed E-state index contributed by atoms with van der Waals surface area (Å²) in [6.45, 7) is 3.70. The number of pyridine rings is 1. The number of likely N-dealkylation sites (tertiary alicyclic amines) is 1. The Balaban J connectivity index is 1.38. The number of ketones is 1. The van der Waals surface area contributed by atoms with Crippen LogP contribution >= 0.6 is 31.9 Å². The van der Waals surface area contributed by atoms with E-state index in [0.29, 0.717) is 24.5 Å². The van der Waals surface area contributed by atoms with Gasteiger partial charge in [-0.25, -0.2) is 0 Å². The molecule has 3 aliphatic rings. The normalized spacial score (nSPS) is 23.3. The van der Waals surface area contributed by atoms with Gasteiger partial charge in [0, 0.05) is 52.9 Å². The Morgan fingerprint density at radius 3 is 2.56 bits per heavy atom. The number of aryl methyl sites for hydroxylation is 3. The first kappa shape index (κ1) is 24.2. The number of nitrogens with zero attached hydrogens (tertiary/aromatic N) is 2. The molecule has 1 saturated heterocycles. The molecule has 0 radical (unpaired) electrons. The van der Waals surface area contributed by atoms with Crippen molar-refractivity contribution in [3.05, 3.63) is 61.3 Å². The minimum absolute atomic E-state index is 0.0542. The molecule has 0 N–H and O–H groups in total. The van der Waals surface area contributed by atoms with Crippen molar-refractivity contribution in [3.63, 3.8) is 0 Å². The molecular weight excluding hydrogens is 556 g/mol. The fourth-order valence-electron chi connectivity index (χ4n) is 6.31. The van der Waals surface area contributed by atoms with E-state index in [2.05, 4.69) is 57.0 Å². The summed E-state index contributed by atoms with van der Waals surface area (Å²) < 4.78 is 2.21. The van der Waals surface area contributed by atoms with Gasteiger partial charge < -0.3 is 4.90 Å². The number of halogens is 2. The number of aromatic nitrogens is 1. The van der Waals surface area contributed by atoms with Gasteiger partial charge in [0.1, 0.15) is 5.78 Å². The third-order valence-corrected chi connectivity index (χ3v) is 9.15. The van der Waals surface area contributed by atoms with Gasteiger partial charge >= 0.3 is 0 Å². The first-order valence-electron chi connectivity index (χ1n) is 12.6. The molecule has 1 aromatic carbocycles. The maximum Gasteiger partial charge on any atom is 0.223 e. The lowest BCUT2D eigenvalue weighted by Gasteiger charge is -2.37. The maximum atomic E-state index is 13.0. The summed E-state index contributed by atoms with van der Waals surface area (Å²) in [5, 5.41) is 0. The molecule has 2 atom stereocenters. The molecule has 6 heteroatoms. The molecule has 2 fully saturated rings. The Kier molecular flexibility index (Phi) is 7.27. The highest BCUT2D eigenvalue weighted by atomic mass is 79.9. The van der Waals surface area contributed by atoms with Gasteiger partial charge in [0.05, 0.1) is 5.69 Å². The van der Waals surface area contributed by atoms with E-state index in [9.17, 15) is 9.59 Å². The van der Waals surface area contributed by atoms with E-state index < -0.39 is 0 Å². The Morgan fingerprint density at radius 1 is 1.03 bits per heavy atom. The molecule has 5 rings (SSSR count). The van der Waals surface area contributed by atoms with Crippen LogP contribution in [0.15, 0.2) is 33.3 Å². The number of rotatable bonds is 3. The average molecular weight is 588 g/mol. The van der Waals surface area contributed by atoms with Gasteiger partial charge in [-0.2, -0.15) is 0 Å². The number of benzene rings is 1. The van der Waals surface area contributed by atoms with Crippen molar-refractivity contribution in [1.29, 1.82) is 0 Å². The number of piperidine rings is 1. The molecule has 0 bridgehead atoms. The van der Waals surface area contributed by atoms with Crippen LogP contribution in [0.25, 0.3) is 0 Å². The molecule has 2 aliphatic carbocycles. The number of carbonyl (C=O) groups excluding carboxylic acids is 2. The molecule has 180 valence electrons. The third kappa shape index (κ3) is 4.90. The topological polar surface area (TPSA) is 50.3 Å². The first-order chi connectivity index (χ1) is 16.4. The summed E-state index contributed by atoms with van der Waals surface area (Å²) >= 11 is 7.53. The fourth-order valence-corrected chi connectivity index (χ4v) is 7.55. The zero-order valence-corrected chi connectivity index (χ0v) is 23.0. The van der Waals surface area contributed by atoms with Crippen molar-refractivity contribution < 1.29 is 9.59 Å². The van der Waals surface area contributed by atoms with Gasteiger partial charge in [0.2, 0.25) is 5.91 Å². The molecule has 2 aromatic rings. The van der Waals surface area contributed by atoms with Crippen LogP contribution in [0.2, 0.25) is 0 Å². The number of hydrogen-bond acceptors (Lipinski definition) is 3. The van der Waals surface area contributed by atoms with E-state index >= 15 is 0 Å². The summed E-state index contributed by atoms with van der Waals surface area (Å²) in [6, 6.07) is 6.81. The van der Waals surface area contributed by atoms with E-state index in [1.165, 1.54) is 32.4 Å². The maximum absolute atomic E-state index is 13.0. The Morgan fingerprint density at radius 2 is 1.79 bits per heavy atom. The van der Waals surface area contributed by atoms with Gasteiger partial charge in [0.15, 0.2) is 0 Å². The molecule has 1 amide bonds. The zero-order chi connectivity index (χ0) is 23.8. The molecule has 1 saturated carbocycles. The molecule has 1 aromatic heterocycles. The van der Waals surface area contributed by atoms with Crippen LogP contribution in [-0.2, 0) is 22.4 Å². The van der Waals surface area contributed by atoms with Crippen molar-refractivity contribution in [2.75, 3.05) is 13.1 Å². The molecule has 0 spiro atoms. The van der Waals surface area contributed by atoms with E-state index in [-0.39, 0.29) is 17.7 Å². The molecule has 1 aliphatic heterocycles. The highest BCUT2D eigenvalue weighted by Gasteiger charge is 2.37. The highest BCUT2D eigenvalue weighted by Crippen LogP contribution is 2.45. The van der Waals surface area contributed by atoms with Crippen LogP contribution < -0.4 is 0 Å². The largest absolute Gasteiger partial charge is 0.343 e. The van der Waals surface area contributed by atoms with Crippen molar-refractivity contribution in [2.24, 2.45) is 11.8 Å². The second-order valence-electron chi connectivity index (χ2n) is 10.3. The average Bonchev–Trinajstić information content (AvgIpc) is 2.97. The number of hydrogen-bond donors (Lipinski definition) is 0. The minimum Gasteiger partial charge on any atom is -0.343 e. The lowest BCUT2D eigenvalue weighted by Crippen LogP contribution is -2.41. The smallest absolute Gasteiger partial charge is 0.223 e. The monoisotopic (exact) mass is 586 g/mol. The molecule has 2 heterocycles. The highest BCUT2D eigenvalue weighted by molar-refractivity contribution is 9.10. The Labute approximate surface area is 219 Å². The predicted molar refractivity (Wildman–Crippen MR) is 141 cm³/mol. The minimum atomic E-state index is -0.0542. The van der Waals surface area contributed by atoms with E-state index in [0.717, 1.165) is 62.5 Å². The van der Waals surface area contributed by atoms with Gasteiger partial charge in [-0.3, -0.25) is 14.6 Å². The zero-order valence-electron chi connectivity index (χ0n) is 19.8. The SMILES string of the molecule is Cc1cc(Br)c2c(c1)CCc1cc(Br)cnc1[C@@H]2C1CCN(C(=O)CC2CCCCC2=O)CC1. The van der Waals surface area contributed by atoms with Crippen LogP contribution in [0.1, 0.15) is 78.8 Å². The van der Waals surface area contributed by atoms with E-state index in [1.807, 2.05) is 11.1 Å². The second kappa shape index (κ2) is 10.2. The van der Waals surface area contributed by atoms with Crippen molar-refractivity contribution >= 4 is 43.6 Å². The first-order valence-corrected chi connectivity index (χ1v) is 14.2.